The van der Waals surface area contributed by atoms with Gasteiger partial charge in [-0.05, 0) is 12.1 Å². The number of carbonyl (C=O) groups is 1. The predicted octanol–water partition coefficient (Wildman–Crippen LogP) is 1.35. The van der Waals surface area contributed by atoms with Gasteiger partial charge < -0.3 is 23.5 Å². The van der Waals surface area contributed by atoms with E-state index in [4.69, 9.17) is 13.6 Å². The molecule has 0 aliphatic rings. The lowest BCUT2D eigenvalue weighted by molar-refractivity contribution is -0.123. The normalized spacial score (nSPS) is 10.7. The molecule has 3 rings (SSSR count). The second-order valence-electron chi connectivity index (χ2n) is 5.23. The quantitative estimate of drug-likeness (QED) is 0.586. The number of carbonyl (C=O) groups excluding carboxylic acids is 1. The average Bonchev–Trinajstić information content (AvgIpc) is 3.29. The molecule has 0 saturated carbocycles. The van der Waals surface area contributed by atoms with Crippen molar-refractivity contribution >= 4 is 17.7 Å². The van der Waals surface area contributed by atoms with E-state index in [0.717, 1.165) is 0 Å². The van der Waals surface area contributed by atoms with Crippen LogP contribution in [-0.4, -0.2) is 27.3 Å². The van der Waals surface area contributed by atoms with Crippen LogP contribution in [0.15, 0.2) is 55.8 Å². The number of nitrogens with zero attached hydrogens (tertiary/aromatic N) is 3. The smallest absolute Gasteiger partial charge is 0.258 e. The summed E-state index contributed by atoms with van der Waals surface area (Å²) in [6, 6.07) is 4.81. The Balaban J connectivity index is 1.48. The van der Waals surface area contributed by atoms with Crippen LogP contribution in [0.5, 0.6) is 5.75 Å². The van der Waals surface area contributed by atoms with Gasteiger partial charge in [-0.2, -0.15) is 0 Å². The molecule has 10 heteroatoms. The number of amides is 1. The summed E-state index contributed by atoms with van der Waals surface area (Å²) in [4.78, 5) is 23.8. The van der Waals surface area contributed by atoms with Crippen LogP contribution in [0, 0.1) is 0 Å². The van der Waals surface area contributed by atoms with Crippen molar-refractivity contribution in [3.8, 4) is 5.75 Å². The van der Waals surface area contributed by atoms with E-state index < -0.39 is 0 Å². The number of hydrogen-bond donors (Lipinski definition) is 1. The highest BCUT2D eigenvalue weighted by molar-refractivity contribution is 7.98. The van der Waals surface area contributed by atoms with Crippen LogP contribution in [0.25, 0.3) is 0 Å². The van der Waals surface area contributed by atoms with Crippen molar-refractivity contribution in [1.29, 1.82) is 0 Å². The zero-order chi connectivity index (χ0) is 18.4. The van der Waals surface area contributed by atoms with Crippen molar-refractivity contribution < 1.29 is 18.4 Å². The second kappa shape index (κ2) is 8.39. The van der Waals surface area contributed by atoms with Crippen LogP contribution in [0.4, 0.5) is 0 Å². The summed E-state index contributed by atoms with van der Waals surface area (Å²) >= 11 is 1.39. The average molecular weight is 376 g/mol. The number of aromatic nitrogens is 3. The molecular formula is C16H16N4O5S. The van der Waals surface area contributed by atoms with Gasteiger partial charge in [0, 0.05) is 13.1 Å². The van der Waals surface area contributed by atoms with Gasteiger partial charge in [-0.3, -0.25) is 9.59 Å². The molecule has 1 amide bonds. The molecule has 0 atom stereocenters. The Kier molecular flexibility index (Phi) is 5.74. The fourth-order valence-corrected chi connectivity index (χ4v) is 2.73. The Bertz CT molecular complexity index is 919. The van der Waals surface area contributed by atoms with E-state index in [2.05, 4.69) is 15.5 Å². The first-order chi connectivity index (χ1) is 12.6. The number of rotatable bonds is 8. The fraction of sp³-hybridized carbons (Fsp3) is 0.250. The van der Waals surface area contributed by atoms with Crippen molar-refractivity contribution in [2.24, 2.45) is 7.05 Å². The maximum Gasteiger partial charge on any atom is 0.258 e. The van der Waals surface area contributed by atoms with E-state index in [9.17, 15) is 9.59 Å². The molecule has 0 aliphatic carbocycles. The molecule has 0 unspecified atom stereocenters. The largest absolute Gasteiger partial charge is 0.477 e. The first-order valence-electron chi connectivity index (χ1n) is 7.62. The molecule has 3 aromatic rings. The fourth-order valence-electron chi connectivity index (χ4n) is 1.95. The number of hydrogen-bond acceptors (Lipinski definition) is 8. The van der Waals surface area contributed by atoms with E-state index in [0.29, 0.717) is 22.4 Å². The number of thioether (sulfide) groups is 1. The minimum absolute atomic E-state index is 0.0226. The lowest BCUT2D eigenvalue weighted by Gasteiger charge is -2.06. The Morgan fingerprint density at radius 3 is 2.96 bits per heavy atom. The van der Waals surface area contributed by atoms with Gasteiger partial charge in [0.1, 0.15) is 24.1 Å². The Morgan fingerprint density at radius 2 is 2.27 bits per heavy atom. The molecular weight excluding hydrogens is 360 g/mol. The molecule has 0 bridgehead atoms. The van der Waals surface area contributed by atoms with Crippen molar-refractivity contribution in [3.05, 3.63) is 58.8 Å². The van der Waals surface area contributed by atoms with Gasteiger partial charge in [0.15, 0.2) is 11.8 Å². The van der Waals surface area contributed by atoms with E-state index in [1.807, 2.05) is 7.05 Å². The van der Waals surface area contributed by atoms with E-state index in [1.165, 1.54) is 30.4 Å². The molecule has 0 aliphatic heterocycles. The van der Waals surface area contributed by atoms with Crippen LogP contribution in [0.1, 0.15) is 11.5 Å². The number of furan rings is 1. The highest BCUT2D eigenvalue weighted by Crippen LogP contribution is 2.19. The summed E-state index contributed by atoms with van der Waals surface area (Å²) in [5.74, 6) is 1.12. The molecule has 9 nitrogen and oxygen atoms in total. The van der Waals surface area contributed by atoms with Crippen LogP contribution in [0.2, 0.25) is 0 Å². The topological polar surface area (TPSA) is 112 Å². The lowest BCUT2D eigenvalue weighted by Crippen LogP contribution is -2.29. The van der Waals surface area contributed by atoms with E-state index >= 15 is 0 Å². The van der Waals surface area contributed by atoms with E-state index in [1.54, 1.807) is 23.0 Å². The first kappa shape index (κ1) is 17.8. The molecule has 136 valence electrons. The molecule has 1 N–H and O–H groups in total. The van der Waals surface area contributed by atoms with Crippen molar-refractivity contribution in [3.63, 3.8) is 0 Å². The van der Waals surface area contributed by atoms with Crippen LogP contribution < -0.4 is 15.5 Å². The maximum absolute atomic E-state index is 12.1. The molecule has 26 heavy (non-hydrogen) atoms. The summed E-state index contributed by atoms with van der Waals surface area (Å²) in [5, 5.41) is 11.0. The number of nitrogens with one attached hydrogen (secondary N) is 1. The zero-order valence-electron chi connectivity index (χ0n) is 13.9. The zero-order valence-corrected chi connectivity index (χ0v) is 14.7. The van der Waals surface area contributed by atoms with Gasteiger partial charge in [-0.15, -0.1) is 10.2 Å². The van der Waals surface area contributed by atoms with Gasteiger partial charge in [-0.25, -0.2) is 0 Å². The summed E-state index contributed by atoms with van der Waals surface area (Å²) in [6.07, 6.45) is 4.31. The second-order valence-corrected chi connectivity index (χ2v) is 6.18. The lowest BCUT2D eigenvalue weighted by atomic mass is 10.4. The van der Waals surface area contributed by atoms with Crippen molar-refractivity contribution in [1.82, 2.24) is 20.1 Å². The molecule has 3 heterocycles. The Labute approximate surface area is 152 Å². The monoisotopic (exact) mass is 376 g/mol. The van der Waals surface area contributed by atoms with Gasteiger partial charge >= 0.3 is 0 Å². The molecule has 3 aromatic heterocycles. The van der Waals surface area contributed by atoms with Crippen LogP contribution in [0.3, 0.4) is 0 Å². The molecule has 0 aromatic carbocycles. The molecule has 0 saturated heterocycles. The Hall–Kier alpha value is -3.01. The standard InChI is InChI=1S/C16H16N4O5S/c1-20-10-18-19-16(20)26-9-12-5-13(21)14(7-24-12)25-8-15(22)17-6-11-3-2-4-23-11/h2-5,7,10H,6,8-9H2,1H3,(H,17,22). The molecule has 0 radical (unpaired) electrons. The summed E-state index contributed by atoms with van der Waals surface area (Å²) in [7, 11) is 1.83. The first-order valence-corrected chi connectivity index (χ1v) is 8.61. The third kappa shape index (κ3) is 4.76. The summed E-state index contributed by atoms with van der Waals surface area (Å²) in [5.41, 5.74) is -0.358. The number of ether oxygens (including phenoxy) is 1. The number of aryl methyl sites for hydroxylation is 1. The summed E-state index contributed by atoms with van der Waals surface area (Å²) < 4.78 is 17.5. The molecule has 0 fully saturated rings. The van der Waals surface area contributed by atoms with Gasteiger partial charge in [0.05, 0.1) is 18.6 Å². The highest BCUT2D eigenvalue weighted by atomic mass is 32.2. The van der Waals surface area contributed by atoms with E-state index in [-0.39, 0.29) is 30.2 Å². The maximum atomic E-state index is 12.1. The van der Waals surface area contributed by atoms with Crippen LogP contribution in [-0.2, 0) is 24.1 Å². The third-order valence-electron chi connectivity index (χ3n) is 3.26. The minimum atomic E-state index is -0.372. The SMILES string of the molecule is Cn1cnnc1SCc1cc(=O)c(OCC(=O)NCc2ccco2)co1. The van der Waals surface area contributed by atoms with Crippen LogP contribution >= 0.6 is 11.8 Å². The van der Waals surface area contributed by atoms with Gasteiger partial charge in [-0.1, -0.05) is 11.8 Å². The third-order valence-corrected chi connectivity index (χ3v) is 4.32. The summed E-state index contributed by atoms with van der Waals surface area (Å²) in [6.45, 7) is -0.0412. The highest BCUT2D eigenvalue weighted by Gasteiger charge is 2.10. The molecule has 0 spiro atoms. The van der Waals surface area contributed by atoms with Crippen molar-refractivity contribution in [2.75, 3.05) is 6.61 Å². The van der Waals surface area contributed by atoms with Crippen molar-refractivity contribution in [2.45, 2.75) is 17.5 Å². The van der Waals surface area contributed by atoms with Gasteiger partial charge in [0.25, 0.3) is 5.91 Å². The minimum Gasteiger partial charge on any atom is -0.477 e. The predicted molar refractivity (Wildman–Crippen MR) is 91.6 cm³/mol. The Morgan fingerprint density at radius 1 is 1.38 bits per heavy atom. The van der Waals surface area contributed by atoms with Gasteiger partial charge in [0.2, 0.25) is 11.2 Å².